The second-order valence-electron chi connectivity index (χ2n) is 4.56. The first-order chi connectivity index (χ1) is 8.24. The Labute approximate surface area is 104 Å². The molecule has 1 amide bonds. The van der Waals surface area contributed by atoms with Crippen molar-refractivity contribution in [3.05, 3.63) is 17.8 Å². The number of nitrogens with two attached hydrogens (primary N) is 2. The SMILES string of the molecule is CC(C)(CNc1cc(C(=O)O)c(N)cn1)C(N)=O. The maximum atomic E-state index is 11.1. The molecule has 0 fully saturated rings. The summed E-state index contributed by atoms with van der Waals surface area (Å²) in [7, 11) is 0. The van der Waals surface area contributed by atoms with E-state index in [9.17, 15) is 9.59 Å². The number of hydrogen-bond donors (Lipinski definition) is 4. The van der Waals surface area contributed by atoms with Crippen molar-refractivity contribution < 1.29 is 14.7 Å². The number of hydrogen-bond acceptors (Lipinski definition) is 5. The van der Waals surface area contributed by atoms with Gasteiger partial charge in [-0.25, -0.2) is 9.78 Å². The van der Waals surface area contributed by atoms with Crippen LogP contribution in [-0.4, -0.2) is 28.5 Å². The van der Waals surface area contributed by atoms with Gasteiger partial charge in [0.25, 0.3) is 0 Å². The molecule has 1 aromatic rings. The van der Waals surface area contributed by atoms with Crippen LogP contribution in [0.25, 0.3) is 0 Å². The number of carboxylic acids is 1. The molecule has 0 unspecified atom stereocenters. The third-order valence-electron chi connectivity index (χ3n) is 2.54. The minimum Gasteiger partial charge on any atom is -0.478 e. The lowest BCUT2D eigenvalue weighted by Crippen LogP contribution is -2.37. The first kappa shape index (κ1) is 13.8. The summed E-state index contributed by atoms with van der Waals surface area (Å²) in [6, 6.07) is 1.31. The molecule has 0 bridgehead atoms. The van der Waals surface area contributed by atoms with Crippen LogP contribution < -0.4 is 16.8 Å². The monoisotopic (exact) mass is 252 g/mol. The summed E-state index contributed by atoms with van der Waals surface area (Å²) in [5.41, 5.74) is 9.99. The zero-order chi connectivity index (χ0) is 13.9. The van der Waals surface area contributed by atoms with Crippen molar-refractivity contribution in [3.63, 3.8) is 0 Å². The number of nitrogens with zero attached hydrogens (tertiary/aromatic N) is 1. The molecule has 0 aliphatic rings. The Morgan fingerprint density at radius 3 is 2.61 bits per heavy atom. The fourth-order valence-electron chi connectivity index (χ4n) is 1.15. The molecule has 6 N–H and O–H groups in total. The number of pyridine rings is 1. The zero-order valence-electron chi connectivity index (χ0n) is 10.2. The third kappa shape index (κ3) is 3.09. The lowest BCUT2D eigenvalue weighted by atomic mass is 9.93. The number of primary amides is 1. The summed E-state index contributed by atoms with van der Waals surface area (Å²) in [4.78, 5) is 25.9. The van der Waals surface area contributed by atoms with E-state index in [1.165, 1.54) is 12.3 Å². The van der Waals surface area contributed by atoms with E-state index in [0.29, 0.717) is 5.82 Å². The molecule has 0 saturated carbocycles. The van der Waals surface area contributed by atoms with Gasteiger partial charge in [0.15, 0.2) is 0 Å². The molecule has 1 aromatic heterocycles. The Kier molecular flexibility index (Phi) is 3.75. The summed E-state index contributed by atoms with van der Waals surface area (Å²) < 4.78 is 0. The van der Waals surface area contributed by atoms with Gasteiger partial charge < -0.3 is 21.9 Å². The molecule has 7 heteroatoms. The van der Waals surface area contributed by atoms with Gasteiger partial charge in [0.05, 0.1) is 22.9 Å². The van der Waals surface area contributed by atoms with Gasteiger partial charge >= 0.3 is 5.97 Å². The Hall–Kier alpha value is -2.31. The second-order valence-corrected chi connectivity index (χ2v) is 4.56. The van der Waals surface area contributed by atoms with Crippen molar-refractivity contribution in [2.75, 3.05) is 17.6 Å². The molecule has 0 saturated heterocycles. The number of anilines is 2. The van der Waals surface area contributed by atoms with E-state index in [4.69, 9.17) is 16.6 Å². The number of nitrogen functional groups attached to an aromatic ring is 1. The number of amides is 1. The molecule has 0 aromatic carbocycles. The molecule has 0 atom stereocenters. The fraction of sp³-hybridized carbons (Fsp3) is 0.364. The summed E-state index contributed by atoms with van der Waals surface area (Å²) in [6.45, 7) is 3.60. The van der Waals surface area contributed by atoms with Crippen molar-refractivity contribution in [1.29, 1.82) is 0 Å². The molecule has 98 valence electrons. The number of carbonyl (C=O) groups excluding carboxylic acids is 1. The largest absolute Gasteiger partial charge is 0.478 e. The third-order valence-corrected chi connectivity index (χ3v) is 2.54. The Morgan fingerprint density at radius 2 is 2.11 bits per heavy atom. The summed E-state index contributed by atoms with van der Waals surface area (Å²) >= 11 is 0. The normalized spacial score (nSPS) is 11.0. The molecule has 18 heavy (non-hydrogen) atoms. The molecule has 1 heterocycles. The lowest BCUT2D eigenvalue weighted by Gasteiger charge is -2.21. The van der Waals surface area contributed by atoms with Gasteiger partial charge in [-0.15, -0.1) is 0 Å². The van der Waals surface area contributed by atoms with Crippen LogP contribution >= 0.6 is 0 Å². The highest BCUT2D eigenvalue weighted by Crippen LogP contribution is 2.18. The maximum absolute atomic E-state index is 11.1. The second kappa shape index (κ2) is 4.91. The van der Waals surface area contributed by atoms with E-state index >= 15 is 0 Å². The van der Waals surface area contributed by atoms with Gasteiger partial charge in [-0.2, -0.15) is 0 Å². The van der Waals surface area contributed by atoms with Crippen LogP contribution in [0.4, 0.5) is 11.5 Å². The molecule has 0 aliphatic carbocycles. The lowest BCUT2D eigenvalue weighted by molar-refractivity contribution is -0.125. The number of carboxylic acid groups (broad SMARTS) is 1. The minimum atomic E-state index is -1.13. The smallest absolute Gasteiger partial charge is 0.337 e. The summed E-state index contributed by atoms with van der Waals surface area (Å²) in [5, 5.41) is 11.8. The van der Waals surface area contributed by atoms with E-state index < -0.39 is 17.3 Å². The van der Waals surface area contributed by atoms with Crippen molar-refractivity contribution in [2.45, 2.75) is 13.8 Å². The van der Waals surface area contributed by atoms with E-state index in [0.717, 1.165) is 0 Å². The highest BCUT2D eigenvalue weighted by atomic mass is 16.4. The number of aromatic nitrogens is 1. The van der Waals surface area contributed by atoms with Gasteiger partial charge in [0.1, 0.15) is 5.82 Å². The molecular weight excluding hydrogens is 236 g/mol. The summed E-state index contributed by atoms with van der Waals surface area (Å²) in [5.74, 6) is -1.26. The van der Waals surface area contributed by atoms with Gasteiger partial charge in [0, 0.05) is 6.54 Å². The highest BCUT2D eigenvalue weighted by molar-refractivity contribution is 5.94. The standard InChI is InChI=1S/C11H16N4O3/c1-11(2,10(13)18)5-15-8-3-6(9(16)17)7(12)4-14-8/h3-4H,5,12H2,1-2H3,(H2,13,18)(H,14,15)(H,16,17). The van der Waals surface area contributed by atoms with E-state index in [2.05, 4.69) is 10.3 Å². The van der Waals surface area contributed by atoms with Crippen LogP contribution in [0.5, 0.6) is 0 Å². The molecule has 0 spiro atoms. The number of nitrogens with one attached hydrogen (secondary N) is 1. The van der Waals surface area contributed by atoms with Gasteiger partial charge in [-0.3, -0.25) is 4.79 Å². The first-order valence-corrected chi connectivity index (χ1v) is 5.26. The first-order valence-electron chi connectivity index (χ1n) is 5.26. The molecular formula is C11H16N4O3. The molecule has 0 aliphatic heterocycles. The predicted molar refractivity (Wildman–Crippen MR) is 67.1 cm³/mol. The average Bonchev–Trinajstić information content (AvgIpc) is 2.27. The molecule has 0 radical (unpaired) electrons. The van der Waals surface area contributed by atoms with E-state index in [1.54, 1.807) is 13.8 Å². The van der Waals surface area contributed by atoms with Crippen molar-refractivity contribution >= 4 is 23.4 Å². The minimum absolute atomic E-state index is 0.0376. The fourth-order valence-corrected chi connectivity index (χ4v) is 1.15. The molecule has 1 rings (SSSR count). The van der Waals surface area contributed by atoms with Crippen LogP contribution in [0, 0.1) is 5.41 Å². The maximum Gasteiger partial charge on any atom is 0.337 e. The number of aromatic carboxylic acids is 1. The van der Waals surface area contributed by atoms with Crippen LogP contribution in [-0.2, 0) is 4.79 Å². The zero-order valence-corrected chi connectivity index (χ0v) is 10.2. The highest BCUT2D eigenvalue weighted by Gasteiger charge is 2.24. The van der Waals surface area contributed by atoms with Crippen molar-refractivity contribution in [3.8, 4) is 0 Å². The van der Waals surface area contributed by atoms with Crippen molar-refractivity contribution in [2.24, 2.45) is 11.1 Å². The van der Waals surface area contributed by atoms with Crippen LogP contribution in [0.2, 0.25) is 0 Å². The van der Waals surface area contributed by atoms with Crippen LogP contribution in [0.15, 0.2) is 12.3 Å². The predicted octanol–water partition coefficient (Wildman–Crippen LogP) is 0.285. The topological polar surface area (TPSA) is 131 Å². The van der Waals surface area contributed by atoms with E-state index in [-0.39, 0.29) is 17.8 Å². The van der Waals surface area contributed by atoms with Gasteiger partial charge in [0.2, 0.25) is 5.91 Å². The number of rotatable bonds is 5. The van der Waals surface area contributed by atoms with Gasteiger partial charge in [-0.05, 0) is 19.9 Å². The average molecular weight is 252 g/mol. The Bertz CT molecular complexity index is 485. The Balaban J connectivity index is 2.84. The van der Waals surface area contributed by atoms with Crippen molar-refractivity contribution in [1.82, 2.24) is 4.98 Å². The van der Waals surface area contributed by atoms with Gasteiger partial charge in [-0.1, -0.05) is 0 Å². The summed E-state index contributed by atoms with van der Waals surface area (Å²) in [6.07, 6.45) is 1.25. The van der Waals surface area contributed by atoms with Crippen LogP contribution in [0.3, 0.4) is 0 Å². The molecule has 7 nitrogen and oxygen atoms in total. The quantitative estimate of drug-likeness (QED) is 0.595. The Morgan fingerprint density at radius 1 is 1.50 bits per heavy atom. The van der Waals surface area contributed by atoms with Crippen LogP contribution in [0.1, 0.15) is 24.2 Å². The number of carbonyl (C=O) groups is 2. The van der Waals surface area contributed by atoms with E-state index in [1.807, 2.05) is 0 Å².